The van der Waals surface area contributed by atoms with Gasteiger partial charge in [-0.2, -0.15) is 0 Å². The van der Waals surface area contributed by atoms with Crippen LogP contribution in [0.15, 0.2) is 24.3 Å². The number of hydrogen-bond acceptors (Lipinski definition) is 2. The Morgan fingerprint density at radius 3 is 2.88 bits per heavy atom. The maximum absolute atomic E-state index is 11.4. The Bertz CT molecular complexity index is 336. The summed E-state index contributed by atoms with van der Waals surface area (Å²) in [6.07, 6.45) is 3.85. The number of carbonyl (C=O) groups excluding carboxylic acids is 1. The summed E-state index contributed by atoms with van der Waals surface area (Å²) in [5, 5.41) is 2.89. The van der Waals surface area contributed by atoms with Gasteiger partial charge in [-0.05, 0) is 24.1 Å². The molecule has 0 aliphatic heterocycles. The van der Waals surface area contributed by atoms with Crippen molar-refractivity contribution >= 4 is 11.6 Å². The minimum absolute atomic E-state index is 0.121. The van der Waals surface area contributed by atoms with Crippen LogP contribution in [0.2, 0.25) is 0 Å². The average Bonchev–Trinajstić information content (AvgIpc) is 2.27. The molecule has 0 saturated heterocycles. The molecule has 0 aromatic heterocycles. The van der Waals surface area contributed by atoms with Crippen molar-refractivity contribution in [1.82, 2.24) is 5.32 Å². The molecular weight excluding hydrogens is 200 g/mol. The highest BCUT2D eigenvalue weighted by molar-refractivity contribution is 5.75. The van der Waals surface area contributed by atoms with Crippen LogP contribution in [0, 0.1) is 0 Å². The van der Waals surface area contributed by atoms with Gasteiger partial charge in [0.05, 0.1) is 0 Å². The van der Waals surface area contributed by atoms with Gasteiger partial charge >= 0.3 is 0 Å². The van der Waals surface area contributed by atoms with Crippen LogP contribution in [-0.4, -0.2) is 5.91 Å². The normalized spacial score (nSPS) is 10.1. The fourth-order valence-corrected chi connectivity index (χ4v) is 1.53. The molecule has 1 aromatic carbocycles. The second-order valence-electron chi connectivity index (χ2n) is 3.98. The van der Waals surface area contributed by atoms with Gasteiger partial charge in [0.15, 0.2) is 0 Å². The van der Waals surface area contributed by atoms with Gasteiger partial charge in [-0.1, -0.05) is 31.9 Å². The van der Waals surface area contributed by atoms with Crippen molar-refractivity contribution in [2.75, 3.05) is 5.73 Å². The third-order valence-electron chi connectivity index (χ3n) is 2.45. The van der Waals surface area contributed by atoms with Crippen LogP contribution in [0.25, 0.3) is 0 Å². The number of hydrogen-bond donors (Lipinski definition) is 2. The van der Waals surface area contributed by atoms with E-state index in [-0.39, 0.29) is 5.91 Å². The number of nitrogens with two attached hydrogens (primary N) is 1. The molecule has 0 saturated carbocycles. The first-order chi connectivity index (χ1) is 7.72. The van der Waals surface area contributed by atoms with E-state index in [1.807, 2.05) is 24.3 Å². The van der Waals surface area contributed by atoms with Crippen molar-refractivity contribution < 1.29 is 4.79 Å². The van der Waals surface area contributed by atoms with Gasteiger partial charge in [-0.3, -0.25) is 4.79 Å². The minimum Gasteiger partial charge on any atom is -0.399 e. The number of benzene rings is 1. The SMILES string of the molecule is CCCCCC(=O)NCc1cccc(N)c1. The third-order valence-corrected chi connectivity index (χ3v) is 2.45. The van der Waals surface area contributed by atoms with Crippen LogP contribution in [0.3, 0.4) is 0 Å². The van der Waals surface area contributed by atoms with Crippen LogP contribution in [0.1, 0.15) is 38.2 Å². The molecule has 0 bridgehead atoms. The molecule has 0 fully saturated rings. The van der Waals surface area contributed by atoms with Crippen LogP contribution >= 0.6 is 0 Å². The molecule has 0 spiro atoms. The molecule has 1 amide bonds. The second-order valence-corrected chi connectivity index (χ2v) is 3.98. The zero-order chi connectivity index (χ0) is 11.8. The maximum atomic E-state index is 11.4. The fourth-order valence-electron chi connectivity index (χ4n) is 1.53. The Kier molecular flexibility index (Phi) is 5.40. The lowest BCUT2D eigenvalue weighted by Gasteiger charge is -2.05. The molecule has 0 aliphatic rings. The molecular formula is C13H20N2O. The molecule has 1 aromatic rings. The van der Waals surface area contributed by atoms with E-state index in [2.05, 4.69) is 12.2 Å². The van der Waals surface area contributed by atoms with Crippen LogP contribution in [0.5, 0.6) is 0 Å². The molecule has 16 heavy (non-hydrogen) atoms. The minimum atomic E-state index is 0.121. The summed E-state index contributed by atoms with van der Waals surface area (Å²) in [5.74, 6) is 0.121. The summed E-state index contributed by atoms with van der Waals surface area (Å²) in [5.41, 5.74) is 7.43. The largest absolute Gasteiger partial charge is 0.399 e. The second kappa shape index (κ2) is 6.88. The molecule has 0 aliphatic carbocycles. The number of unbranched alkanes of at least 4 members (excludes halogenated alkanes) is 2. The van der Waals surface area contributed by atoms with E-state index in [4.69, 9.17) is 5.73 Å². The molecule has 1 rings (SSSR count). The van der Waals surface area contributed by atoms with Crippen molar-refractivity contribution in [2.24, 2.45) is 0 Å². The van der Waals surface area contributed by atoms with Crippen molar-refractivity contribution in [3.05, 3.63) is 29.8 Å². The zero-order valence-corrected chi connectivity index (χ0v) is 9.83. The highest BCUT2D eigenvalue weighted by atomic mass is 16.1. The molecule has 3 nitrogen and oxygen atoms in total. The summed E-state index contributed by atoms with van der Waals surface area (Å²) in [6, 6.07) is 7.58. The molecule has 0 radical (unpaired) electrons. The van der Waals surface area contributed by atoms with E-state index in [0.717, 1.165) is 30.5 Å². The lowest BCUT2D eigenvalue weighted by Crippen LogP contribution is -2.22. The van der Waals surface area contributed by atoms with Crippen LogP contribution < -0.4 is 11.1 Å². The smallest absolute Gasteiger partial charge is 0.220 e. The number of amides is 1. The van der Waals surface area contributed by atoms with Crippen LogP contribution in [-0.2, 0) is 11.3 Å². The van der Waals surface area contributed by atoms with E-state index in [9.17, 15) is 4.79 Å². The predicted octanol–water partition coefficient (Wildman–Crippen LogP) is 2.47. The van der Waals surface area contributed by atoms with Crippen molar-refractivity contribution in [3.63, 3.8) is 0 Å². The number of nitrogen functional groups attached to an aromatic ring is 1. The van der Waals surface area contributed by atoms with E-state index in [1.54, 1.807) is 0 Å². The van der Waals surface area contributed by atoms with Crippen molar-refractivity contribution in [1.29, 1.82) is 0 Å². The molecule has 88 valence electrons. The van der Waals surface area contributed by atoms with Gasteiger partial charge < -0.3 is 11.1 Å². The van der Waals surface area contributed by atoms with Crippen molar-refractivity contribution in [2.45, 2.75) is 39.2 Å². The van der Waals surface area contributed by atoms with Gasteiger partial charge in [0.25, 0.3) is 0 Å². The van der Waals surface area contributed by atoms with Gasteiger partial charge in [0.1, 0.15) is 0 Å². The summed E-state index contributed by atoms with van der Waals surface area (Å²) in [4.78, 5) is 11.4. The molecule has 3 N–H and O–H groups in total. The monoisotopic (exact) mass is 220 g/mol. The average molecular weight is 220 g/mol. The fraction of sp³-hybridized carbons (Fsp3) is 0.462. The molecule has 0 heterocycles. The first kappa shape index (κ1) is 12.6. The first-order valence-electron chi connectivity index (χ1n) is 5.83. The lowest BCUT2D eigenvalue weighted by molar-refractivity contribution is -0.121. The Morgan fingerprint density at radius 1 is 1.38 bits per heavy atom. The molecule has 3 heteroatoms. The summed E-state index contributed by atoms with van der Waals surface area (Å²) >= 11 is 0. The quantitative estimate of drug-likeness (QED) is 0.571. The predicted molar refractivity (Wildman–Crippen MR) is 66.8 cm³/mol. The van der Waals surface area contributed by atoms with E-state index in [1.165, 1.54) is 0 Å². The Labute approximate surface area is 97.0 Å². The Morgan fingerprint density at radius 2 is 2.19 bits per heavy atom. The third kappa shape index (κ3) is 4.82. The van der Waals surface area contributed by atoms with Gasteiger partial charge in [0, 0.05) is 18.7 Å². The van der Waals surface area contributed by atoms with Crippen LogP contribution in [0.4, 0.5) is 5.69 Å². The number of carbonyl (C=O) groups is 1. The lowest BCUT2D eigenvalue weighted by atomic mass is 10.2. The van der Waals surface area contributed by atoms with E-state index < -0.39 is 0 Å². The maximum Gasteiger partial charge on any atom is 0.220 e. The zero-order valence-electron chi connectivity index (χ0n) is 9.83. The standard InChI is InChI=1S/C13H20N2O/c1-2-3-4-8-13(16)15-10-11-6-5-7-12(14)9-11/h5-7,9H,2-4,8,10,14H2,1H3,(H,15,16). The van der Waals surface area contributed by atoms with Crippen molar-refractivity contribution in [3.8, 4) is 0 Å². The Balaban J connectivity index is 2.26. The van der Waals surface area contributed by atoms with E-state index >= 15 is 0 Å². The van der Waals surface area contributed by atoms with Gasteiger partial charge in [0.2, 0.25) is 5.91 Å². The number of rotatable bonds is 6. The number of anilines is 1. The summed E-state index contributed by atoms with van der Waals surface area (Å²) < 4.78 is 0. The van der Waals surface area contributed by atoms with Gasteiger partial charge in [-0.15, -0.1) is 0 Å². The molecule has 0 unspecified atom stereocenters. The topological polar surface area (TPSA) is 55.1 Å². The highest BCUT2D eigenvalue weighted by Crippen LogP contribution is 2.06. The summed E-state index contributed by atoms with van der Waals surface area (Å²) in [7, 11) is 0. The van der Waals surface area contributed by atoms with E-state index in [0.29, 0.717) is 13.0 Å². The first-order valence-corrected chi connectivity index (χ1v) is 5.83. The molecule has 0 atom stereocenters. The van der Waals surface area contributed by atoms with Gasteiger partial charge in [-0.25, -0.2) is 0 Å². The summed E-state index contributed by atoms with van der Waals surface area (Å²) in [6.45, 7) is 2.70. The number of nitrogens with one attached hydrogen (secondary N) is 1. The Hall–Kier alpha value is -1.51. The highest BCUT2D eigenvalue weighted by Gasteiger charge is 2.00.